The normalized spacial score (nSPS) is 11.1. The molecule has 0 aliphatic rings. The summed E-state index contributed by atoms with van der Waals surface area (Å²) in [7, 11) is 1.95. The molecule has 7 nitrogen and oxygen atoms in total. The minimum Gasteiger partial charge on any atom is -0.334 e. The van der Waals surface area contributed by atoms with Crippen molar-refractivity contribution in [2.24, 2.45) is 7.05 Å². The van der Waals surface area contributed by atoms with Crippen molar-refractivity contribution >= 4 is 11.8 Å². The van der Waals surface area contributed by atoms with Gasteiger partial charge in [-0.3, -0.25) is 4.98 Å². The van der Waals surface area contributed by atoms with Crippen LogP contribution in [-0.4, -0.2) is 29.9 Å². The number of aryl methyl sites for hydroxylation is 2. The summed E-state index contributed by atoms with van der Waals surface area (Å²) in [6, 6.07) is 11.9. The van der Waals surface area contributed by atoms with E-state index in [1.165, 1.54) is 11.8 Å². The van der Waals surface area contributed by atoms with Crippen LogP contribution >= 0.6 is 11.8 Å². The molecule has 8 heteroatoms. The van der Waals surface area contributed by atoms with Gasteiger partial charge in [-0.25, -0.2) is 0 Å². The highest BCUT2D eigenvalue weighted by molar-refractivity contribution is 7.98. The van der Waals surface area contributed by atoms with E-state index < -0.39 is 0 Å². The van der Waals surface area contributed by atoms with E-state index in [4.69, 9.17) is 4.52 Å². The van der Waals surface area contributed by atoms with Gasteiger partial charge >= 0.3 is 0 Å². The zero-order valence-electron chi connectivity index (χ0n) is 15.2. The Labute approximate surface area is 160 Å². The van der Waals surface area contributed by atoms with Crippen molar-refractivity contribution in [1.29, 1.82) is 0 Å². The number of hydrogen-bond donors (Lipinski definition) is 0. The average molecular weight is 378 g/mol. The highest BCUT2D eigenvalue weighted by Crippen LogP contribution is 2.26. The topological polar surface area (TPSA) is 82.5 Å². The average Bonchev–Trinajstić information content (AvgIpc) is 3.27. The lowest BCUT2D eigenvalue weighted by Crippen LogP contribution is -1.96. The van der Waals surface area contributed by atoms with E-state index >= 15 is 0 Å². The van der Waals surface area contributed by atoms with Crippen molar-refractivity contribution in [3.05, 3.63) is 59.7 Å². The molecule has 0 saturated heterocycles. The van der Waals surface area contributed by atoms with Gasteiger partial charge in [0, 0.05) is 30.1 Å². The molecule has 0 aliphatic carbocycles. The first kappa shape index (κ1) is 17.4. The van der Waals surface area contributed by atoms with E-state index in [-0.39, 0.29) is 0 Å². The predicted molar refractivity (Wildman–Crippen MR) is 103 cm³/mol. The summed E-state index contributed by atoms with van der Waals surface area (Å²) < 4.78 is 7.35. The fraction of sp³-hybridized carbons (Fsp3) is 0.211. The molecule has 0 fully saturated rings. The van der Waals surface area contributed by atoms with E-state index in [0.717, 1.165) is 33.4 Å². The van der Waals surface area contributed by atoms with E-state index in [1.807, 2.05) is 61.9 Å². The Morgan fingerprint density at radius 3 is 2.78 bits per heavy atom. The molecule has 3 heterocycles. The molecular weight excluding hydrogens is 360 g/mol. The molecule has 0 unspecified atom stereocenters. The summed E-state index contributed by atoms with van der Waals surface area (Å²) in [6.45, 7) is 3.99. The van der Waals surface area contributed by atoms with Crippen molar-refractivity contribution in [2.45, 2.75) is 24.8 Å². The summed E-state index contributed by atoms with van der Waals surface area (Å²) in [4.78, 5) is 8.70. The van der Waals surface area contributed by atoms with Crippen molar-refractivity contribution < 1.29 is 4.52 Å². The number of nitrogens with zero attached hydrogens (tertiary/aromatic N) is 6. The van der Waals surface area contributed by atoms with Crippen molar-refractivity contribution in [2.75, 3.05) is 0 Å². The number of thioether (sulfide) groups is 1. The van der Waals surface area contributed by atoms with Gasteiger partial charge < -0.3 is 9.09 Å². The maximum Gasteiger partial charge on any atom is 0.257 e. The Kier molecular flexibility index (Phi) is 4.72. The second kappa shape index (κ2) is 7.32. The van der Waals surface area contributed by atoms with Crippen LogP contribution in [0.5, 0.6) is 0 Å². The van der Waals surface area contributed by atoms with Gasteiger partial charge in [0.15, 0.2) is 16.8 Å². The fourth-order valence-corrected chi connectivity index (χ4v) is 3.47. The summed E-state index contributed by atoms with van der Waals surface area (Å²) in [5, 5.41) is 13.4. The van der Waals surface area contributed by atoms with Crippen LogP contribution in [0.4, 0.5) is 0 Å². The van der Waals surface area contributed by atoms with E-state index in [9.17, 15) is 0 Å². The number of rotatable bonds is 5. The maximum absolute atomic E-state index is 5.39. The van der Waals surface area contributed by atoms with Gasteiger partial charge in [0.25, 0.3) is 5.89 Å². The Morgan fingerprint density at radius 2 is 1.96 bits per heavy atom. The van der Waals surface area contributed by atoms with Gasteiger partial charge in [-0.15, -0.1) is 10.2 Å². The Bertz CT molecular complexity index is 1090. The van der Waals surface area contributed by atoms with Crippen LogP contribution in [-0.2, 0) is 12.8 Å². The summed E-state index contributed by atoms with van der Waals surface area (Å²) in [5.41, 5.74) is 4.01. The zero-order chi connectivity index (χ0) is 18.8. The Morgan fingerprint density at radius 1 is 1.07 bits per heavy atom. The van der Waals surface area contributed by atoms with Crippen LogP contribution in [0, 0.1) is 13.8 Å². The molecule has 0 bridgehead atoms. The number of aromatic nitrogens is 6. The van der Waals surface area contributed by atoms with Crippen LogP contribution in [0.3, 0.4) is 0 Å². The van der Waals surface area contributed by atoms with Crippen LogP contribution in [0.2, 0.25) is 0 Å². The molecule has 0 amide bonds. The van der Waals surface area contributed by atoms with Gasteiger partial charge in [-0.1, -0.05) is 34.6 Å². The van der Waals surface area contributed by atoms with E-state index in [0.29, 0.717) is 17.5 Å². The molecule has 0 aliphatic heterocycles. The summed E-state index contributed by atoms with van der Waals surface area (Å²) >= 11 is 1.52. The first-order valence-electron chi connectivity index (χ1n) is 8.45. The lowest BCUT2D eigenvalue weighted by Gasteiger charge is -2.03. The third-order valence-corrected chi connectivity index (χ3v) is 5.07. The Balaban J connectivity index is 1.48. The molecule has 0 N–H and O–H groups in total. The Hall–Kier alpha value is -3.00. The van der Waals surface area contributed by atoms with E-state index in [2.05, 4.69) is 25.3 Å². The lowest BCUT2D eigenvalue weighted by molar-refractivity contribution is 0.425. The SMILES string of the molecule is Cc1cccc(-c2nc(CSc3nnc(-c4ccnc(C)c4)n3C)no2)c1. The van der Waals surface area contributed by atoms with Crippen LogP contribution in [0.15, 0.2) is 52.3 Å². The van der Waals surface area contributed by atoms with Crippen LogP contribution in [0.25, 0.3) is 22.8 Å². The second-order valence-corrected chi connectivity index (χ2v) is 7.17. The minimum absolute atomic E-state index is 0.528. The first-order chi connectivity index (χ1) is 13.1. The largest absolute Gasteiger partial charge is 0.334 e. The number of benzene rings is 1. The second-order valence-electron chi connectivity index (χ2n) is 6.23. The highest BCUT2D eigenvalue weighted by Gasteiger charge is 2.14. The molecule has 0 radical (unpaired) electrons. The van der Waals surface area contributed by atoms with Crippen LogP contribution < -0.4 is 0 Å². The summed E-state index contributed by atoms with van der Waals surface area (Å²) in [6.07, 6.45) is 1.78. The van der Waals surface area contributed by atoms with Gasteiger partial charge in [-0.05, 0) is 38.1 Å². The third-order valence-electron chi connectivity index (χ3n) is 4.05. The molecule has 27 heavy (non-hydrogen) atoms. The molecular formula is C19H18N6OS. The number of hydrogen-bond acceptors (Lipinski definition) is 7. The van der Waals surface area contributed by atoms with Gasteiger partial charge in [0.2, 0.25) is 0 Å². The molecule has 0 spiro atoms. The molecule has 0 saturated carbocycles. The lowest BCUT2D eigenvalue weighted by atomic mass is 10.1. The van der Waals surface area contributed by atoms with Crippen molar-refractivity contribution in [3.63, 3.8) is 0 Å². The smallest absolute Gasteiger partial charge is 0.257 e. The minimum atomic E-state index is 0.528. The predicted octanol–water partition coefficient (Wildman–Crippen LogP) is 3.84. The zero-order valence-corrected chi connectivity index (χ0v) is 16.1. The van der Waals surface area contributed by atoms with Crippen LogP contribution in [0.1, 0.15) is 17.1 Å². The monoisotopic (exact) mass is 378 g/mol. The van der Waals surface area contributed by atoms with Gasteiger partial charge in [0.1, 0.15) is 0 Å². The molecule has 4 aromatic rings. The van der Waals surface area contributed by atoms with Gasteiger partial charge in [-0.2, -0.15) is 4.98 Å². The molecule has 4 rings (SSSR count). The molecule has 136 valence electrons. The first-order valence-corrected chi connectivity index (χ1v) is 9.43. The van der Waals surface area contributed by atoms with Crippen molar-refractivity contribution in [1.82, 2.24) is 29.9 Å². The molecule has 1 aromatic carbocycles. The van der Waals surface area contributed by atoms with E-state index in [1.54, 1.807) is 6.20 Å². The third kappa shape index (κ3) is 3.75. The van der Waals surface area contributed by atoms with Gasteiger partial charge in [0.05, 0.1) is 5.75 Å². The highest BCUT2D eigenvalue weighted by atomic mass is 32.2. The molecule has 0 atom stereocenters. The fourth-order valence-electron chi connectivity index (χ4n) is 2.71. The quantitative estimate of drug-likeness (QED) is 0.488. The standard InChI is InChI=1S/C19H18N6OS/c1-12-5-4-6-15(9-12)18-21-16(24-26-18)11-27-19-23-22-17(25(19)3)14-7-8-20-13(2)10-14/h4-10H,11H2,1-3H3. The number of pyridine rings is 1. The summed E-state index contributed by atoms with van der Waals surface area (Å²) in [5.74, 6) is 2.51. The van der Waals surface area contributed by atoms with Crippen molar-refractivity contribution in [3.8, 4) is 22.8 Å². The molecule has 3 aromatic heterocycles. The maximum atomic E-state index is 5.39.